The van der Waals surface area contributed by atoms with E-state index in [0.717, 1.165) is 5.56 Å². The lowest BCUT2D eigenvalue weighted by Gasteiger charge is -2.23. The first-order valence-corrected chi connectivity index (χ1v) is 6.51. The third-order valence-electron chi connectivity index (χ3n) is 3.86. The van der Waals surface area contributed by atoms with Crippen LogP contribution in [0.25, 0.3) is 0 Å². The number of nitrogens with zero attached hydrogens (tertiary/aromatic N) is 3. The quantitative estimate of drug-likeness (QED) is 0.857. The molecule has 0 unspecified atom stereocenters. The summed E-state index contributed by atoms with van der Waals surface area (Å²) in [7, 11) is 3.97. The lowest BCUT2D eigenvalue weighted by atomic mass is 10.0. The Labute approximate surface area is 113 Å². The van der Waals surface area contributed by atoms with E-state index >= 15 is 0 Å². The highest BCUT2D eigenvalue weighted by Crippen LogP contribution is 2.22. The number of aryl methyl sites for hydroxylation is 1. The summed E-state index contributed by atoms with van der Waals surface area (Å²) in [4.78, 5) is 20.4. The number of likely N-dealkylation sites (tertiary alicyclic amines) is 1. The summed E-state index contributed by atoms with van der Waals surface area (Å²) in [6, 6.07) is 2.06. The molecule has 1 fully saturated rings. The summed E-state index contributed by atoms with van der Waals surface area (Å²) in [6.07, 6.45) is 3.31. The molecule has 19 heavy (non-hydrogen) atoms. The molecule has 1 aromatic heterocycles. The van der Waals surface area contributed by atoms with E-state index in [1.165, 1.54) is 0 Å². The third kappa shape index (κ3) is 2.77. The highest BCUT2D eigenvalue weighted by Gasteiger charge is 2.36. The Kier molecular flexibility index (Phi) is 4.17. The first-order valence-electron chi connectivity index (χ1n) is 6.51. The van der Waals surface area contributed by atoms with Crippen molar-refractivity contribution in [3.8, 4) is 0 Å². The molecule has 104 valence electrons. The van der Waals surface area contributed by atoms with Gasteiger partial charge in [-0.15, -0.1) is 0 Å². The molecule has 1 saturated heterocycles. The molecule has 2 heterocycles. The number of hydrogen-bond acceptors (Lipinski definition) is 4. The van der Waals surface area contributed by atoms with Crippen molar-refractivity contribution in [2.45, 2.75) is 13.0 Å². The number of likely N-dealkylation sites (N-methyl/N-ethyl adjacent to an activating group) is 1. The summed E-state index contributed by atoms with van der Waals surface area (Å²) in [5.41, 5.74) is 1.59. The summed E-state index contributed by atoms with van der Waals surface area (Å²) >= 11 is 0. The average molecular weight is 263 g/mol. The van der Waals surface area contributed by atoms with E-state index in [4.69, 9.17) is 0 Å². The Hall–Kier alpha value is -1.46. The van der Waals surface area contributed by atoms with Crippen molar-refractivity contribution in [3.63, 3.8) is 0 Å². The molecule has 1 aromatic rings. The van der Waals surface area contributed by atoms with Crippen LogP contribution in [0.3, 0.4) is 0 Å². The Morgan fingerprint density at radius 3 is 2.79 bits per heavy atom. The molecule has 1 aliphatic heterocycles. The number of carbonyl (C=O) groups is 1. The van der Waals surface area contributed by atoms with E-state index in [2.05, 4.69) is 9.88 Å². The molecule has 2 atom stereocenters. The van der Waals surface area contributed by atoms with Gasteiger partial charge in [0.1, 0.15) is 0 Å². The van der Waals surface area contributed by atoms with Gasteiger partial charge < -0.3 is 14.9 Å². The second-order valence-electron chi connectivity index (χ2n) is 5.37. The summed E-state index contributed by atoms with van der Waals surface area (Å²) in [5.74, 6) is 0.129. The van der Waals surface area contributed by atoms with E-state index in [1.54, 1.807) is 12.4 Å². The Morgan fingerprint density at radius 1 is 1.53 bits per heavy atom. The fourth-order valence-electron chi connectivity index (χ4n) is 2.64. The van der Waals surface area contributed by atoms with Crippen molar-refractivity contribution in [2.75, 3.05) is 33.8 Å². The molecule has 2 rings (SSSR count). The number of aliphatic hydroxyl groups is 1. The molecular weight excluding hydrogens is 242 g/mol. The van der Waals surface area contributed by atoms with Crippen LogP contribution in [0.15, 0.2) is 18.5 Å². The zero-order chi connectivity index (χ0) is 14.0. The largest absolute Gasteiger partial charge is 0.396 e. The molecule has 0 spiro atoms. The lowest BCUT2D eigenvalue weighted by molar-refractivity contribution is 0.0777. The number of carbonyl (C=O) groups excluding carboxylic acids is 1. The minimum absolute atomic E-state index is 0.00778. The monoisotopic (exact) mass is 263 g/mol. The normalized spacial score (nSPS) is 23.1. The van der Waals surface area contributed by atoms with Crippen LogP contribution in [0, 0.1) is 12.8 Å². The minimum Gasteiger partial charge on any atom is -0.396 e. The zero-order valence-electron chi connectivity index (χ0n) is 11.7. The fourth-order valence-corrected chi connectivity index (χ4v) is 2.64. The molecule has 0 saturated carbocycles. The van der Waals surface area contributed by atoms with Gasteiger partial charge in [-0.3, -0.25) is 9.78 Å². The second kappa shape index (κ2) is 5.67. The fraction of sp³-hybridized carbons (Fsp3) is 0.571. The highest BCUT2D eigenvalue weighted by molar-refractivity contribution is 5.95. The van der Waals surface area contributed by atoms with Crippen LogP contribution in [-0.2, 0) is 0 Å². The number of pyridine rings is 1. The molecule has 0 radical (unpaired) electrons. The summed E-state index contributed by atoms with van der Waals surface area (Å²) in [5, 5.41) is 9.43. The molecule has 1 N–H and O–H groups in total. The maximum Gasteiger partial charge on any atom is 0.255 e. The van der Waals surface area contributed by atoms with Gasteiger partial charge in [0, 0.05) is 44.0 Å². The Bertz CT molecular complexity index is 462. The second-order valence-corrected chi connectivity index (χ2v) is 5.37. The van der Waals surface area contributed by atoms with Crippen molar-refractivity contribution in [1.29, 1.82) is 0 Å². The molecule has 0 aromatic carbocycles. The number of aliphatic hydroxyl groups excluding tert-OH is 1. The van der Waals surface area contributed by atoms with Crippen LogP contribution in [0.1, 0.15) is 15.9 Å². The lowest BCUT2D eigenvalue weighted by Crippen LogP contribution is -2.37. The molecule has 0 bridgehead atoms. The molecule has 1 amide bonds. The van der Waals surface area contributed by atoms with E-state index < -0.39 is 0 Å². The van der Waals surface area contributed by atoms with E-state index in [-0.39, 0.29) is 24.5 Å². The number of aromatic nitrogens is 1. The first kappa shape index (κ1) is 14.0. The molecule has 1 aliphatic rings. The molecule has 5 nitrogen and oxygen atoms in total. The van der Waals surface area contributed by atoms with Crippen molar-refractivity contribution in [2.24, 2.45) is 5.92 Å². The van der Waals surface area contributed by atoms with Crippen molar-refractivity contribution >= 4 is 5.91 Å². The highest BCUT2D eigenvalue weighted by atomic mass is 16.3. The smallest absolute Gasteiger partial charge is 0.255 e. The zero-order valence-corrected chi connectivity index (χ0v) is 11.7. The standard InChI is InChI=1S/C14H21N3O2/c1-10-4-5-15-6-12(10)14(19)17-7-11(9-18)13(8-17)16(2)3/h4-6,11,13,18H,7-9H2,1-3H3/t11-,13+/m0/s1. The van der Waals surface area contributed by atoms with Gasteiger partial charge in [-0.05, 0) is 32.6 Å². The molecular formula is C14H21N3O2. The minimum atomic E-state index is 0.00778. The molecule has 5 heteroatoms. The van der Waals surface area contributed by atoms with Crippen molar-refractivity contribution < 1.29 is 9.90 Å². The summed E-state index contributed by atoms with van der Waals surface area (Å²) in [6.45, 7) is 3.29. The number of rotatable bonds is 3. The maximum atomic E-state index is 12.5. The summed E-state index contributed by atoms with van der Waals surface area (Å²) < 4.78 is 0. The number of hydrogen-bond donors (Lipinski definition) is 1. The van der Waals surface area contributed by atoms with Crippen LogP contribution >= 0.6 is 0 Å². The van der Waals surface area contributed by atoms with Gasteiger partial charge in [-0.1, -0.05) is 0 Å². The van der Waals surface area contributed by atoms with Gasteiger partial charge >= 0.3 is 0 Å². The SMILES string of the molecule is Cc1ccncc1C(=O)N1C[C@@H](CO)[C@H](N(C)C)C1. The average Bonchev–Trinajstić information content (AvgIpc) is 2.83. The van der Waals surface area contributed by atoms with Crippen LogP contribution in [0.5, 0.6) is 0 Å². The van der Waals surface area contributed by atoms with Gasteiger partial charge in [0.05, 0.1) is 5.56 Å². The Balaban J connectivity index is 2.16. The molecule has 0 aliphatic carbocycles. The van der Waals surface area contributed by atoms with E-state index in [1.807, 2.05) is 32.0 Å². The van der Waals surface area contributed by atoms with Gasteiger partial charge in [-0.2, -0.15) is 0 Å². The first-order chi connectivity index (χ1) is 9.04. The van der Waals surface area contributed by atoms with E-state index in [0.29, 0.717) is 18.7 Å². The van der Waals surface area contributed by atoms with Gasteiger partial charge in [0.25, 0.3) is 5.91 Å². The van der Waals surface area contributed by atoms with Crippen molar-refractivity contribution in [1.82, 2.24) is 14.8 Å². The van der Waals surface area contributed by atoms with Gasteiger partial charge in [0.2, 0.25) is 0 Å². The van der Waals surface area contributed by atoms with Crippen LogP contribution < -0.4 is 0 Å². The predicted molar refractivity (Wildman–Crippen MR) is 72.9 cm³/mol. The van der Waals surface area contributed by atoms with Crippen LogP contribution in [0.4, 0.5) is 0 Å². The predicted octanol–water partition coefficient (Wildman–Crippen LogP) is 0.385. The Morgan fingerprint density at radius 2 is 2.26 bits per heavy atom. The van der Waals surface area contributed by atoms with E-state index in [9.17, 15) is 9.90 Å². The third-order valence-corrected chi connectivity index (χ3v) is 3.86. The van der Waals surface area contributed by atoms with Gasteiger partial charge in [-0.25, -0.2) is 0 Å². The van der Waals surface area contributed by atoms with Crippen molar-refractivity contribution in [3.05, 3.63) is 29.6 Å². The van der Waals surface area contributed by atoms with Gasteiger partial charge in [0.15, 0.2) is 0 Å². The van der Waals surface area contributed by atoms with Crippen LogP contribution in [0.2, 0.25) is 0 Å². The topological polar surface area (TPSA) is 56.7 Å². The maximum absolute atomic E-state index is 12.5. The number of amides is 1. The van der Waals surface area contributed by atoms with Crippen LogP contribution in [-0.4, -0.2) is 65.6 Å².